The fraction of sp³-hybridized carbons (Fsp3) is 0.583. The Hall–Kier alpha value is -1.38. The van der Waals surface area contributed by atoms with Crippen LogP contribution in [0.25, 0.3) is 0 Å². The molecule has 1 aromatic rings. The summed E-state index contributed by atoms with van der Waals surface area (Å²) in [4.78, 5) is 10.8. The molecule has 1 aromatic heterocycles. The zero-order valence-electron chi connectivity index (χ0n) is 11.1. The number of aliphatic hydroxyl groups is 1. The lowest BCUT2D eigenvalue weighted by molar-refractivity contribution is 0.0686. The number of rotatable bonds is 4. The van der Waals surface area contributed by atoms with Gasteiger partial charge in [-0.1, -0.05) is 12.8 Å². The van der Waals surface area contributed by atoms with E-state index in [1.54, 1.807) is 0 Å². The zero-order valence-corrected chi connectivity index (χ0v) is 11.9. The first kappa shape index (κ1) is 15.0. The van der Waals surface area contributed by atoms with Crippen LogP contribution >= 0.6 is 0 Å². The van der Waals surface area contributed by atoms with Crippen LogP contribution in [0.1, 0.15) is 36.2 Å². The first-order valence-corrected chi connectivity index (χ1v) is 7.89. The number of carboxylic acids is 1. The third-order valence-corrected chi connectivity index (χ3v) is 5.00. The number of aryl methyl sites for hydroxylation is 1. The molecule has 0 spiro atoms. The van der Waals surface area contributed by atoms with Crippen LogP contribution in [0.15, 0.2) is 17.2 Å². The van der Waals surface area contributed by atoms with Crippen LogP contribution in [0.4, 0.5) is 0 Å². The largest absolute Gasteiger partial charge is 0.477 e. The lowest BCUT2D eigenvalue weighted by atomic mass is 9.93. The fourth-order valence-electron chi connectivity index (χ4n) is 2.41. The topological polar surface area (TPSA) is 109 Å². The molecule has 1 aliphatic rings. The van der Waals surface area contributed by atoms with Crippen LogP contribution in [0.3, 0.4) is 0 Å². The molecule has 112 valence electrons. The van der Waals surface area contributed by atoms with Gasteiger partial charge in [-0.15, -0.1) is 0 Å². The van der Waals surface area contributed by atoms with Crippen molar-refractivity contribution in [2.24, 2.45) is 7.05 Å². The van der Waals surface area contributed by atoms with Gasteiger partial charge < -0.3 is 14.8 Å². The van der Waals surface area contributed by atoms with E-state index in [-0.39, 0.29) is 10.6 Å². The second kappa shape index (κ2) is 5.55. The molecule has 2 rings (SSSR count). The van der Waals surface area contributed by atoms with Crippen LogP contribution < -0.4 is 4.72 Å². The van der Waals surface area contributed by atoms with Gasteiger partial charge in [0.1, 0.15) is 10.6 Å². The minimum atomic E-state index is -3.82. The summed E-state index contributed by atoms with van der Waals surface area (Å²) in [5.41, 5.74) is -0.102. The second-order valence-corrected chi connectivity index (χ2v) is 6.77. The van der Waals surface area contributed by atoms with Crippen molar-refractivity contribution in [3.05, 3.63) is 18.0 Å². The molecule has 3 N–H and O–H groups in total. The van der Waals surface area contributed by atoms with E-state index < -0.39 is 28.1 Å². The molecule has 0 amide bonds. The Morgan fingerprint density at radius 3 is 2.60 bits per heavy atom. The summed E-state index contributed by atoms with van der Waals surface area (Å²) >= 11 is 0. The molecule has 0 aliphatic heterocycles. The number of aliphatic hydroxyl groups excluding tert-OH is 1. The Kier molecular flexibility index (Phi) is 4.17. The predicted octanol–water partition coefficient (Wildman–Crippen LogP) is 0.305. The highest BCUT2D eigenvalue weighted by molar-refractivity contribution is 7.89. The summed E-state index contributed by atoms with van der Waals surface area (Å²) in [7, 11) is -2.35. The number of carboxylic acid groups (broad SMARTS) is 1. The fourth-order valence-corrected chi connectivity index (χ4v) is 3.78. The van der Waals surface area contributed by atoms with E-state index in [2.05, 4.69) is 4.72 Å². The minimum Gasteiger partial charge on any atom is -0.477 e. The van der Waals surface area contributed by atoms with E-state index in [1.165, 1.54) is 17.8 Å². The highest BCUT2D eigenvalue weighted by Crippen LogP contribution is 2.21. The van der Waals surface area contributed by atoms with Crippen molar-refractivity contribution in [2.75, 3.05) is 0 Å². The summed E-state index contributed by atoms with van der Waals surface area (Å²) in [6, 6.07) is 0.599. The molecule has 1 fully saturated rings. The molecule has 1 aliphatic carbocycles. The molecule has 20 heavy (non-hydrogen) atoms. The molecule has 0 bridgehead atoms. The van der Waals surface area contributed by atoms with Crippen LogP contribution in [0, 0.1) is 0 Å². The van der Waals surface area contributed by atoms with E-state index >= 15 is 0 Å². The lowest BCUT2D eigenvalue weighted by Crippen LogP contribution is -2.44. The normalized spacial score (nSPS) is 23.7. The van der Waals surface area contributed by atoms with Crippen LogP contribution in [-0.4, -0.2) is 41.3 Å². The maximum Gasteiger partial charge on any atom is 0.352 e. The van der Waals surface area contributed by atoms with Crippen LogP contribution in [-0.2, 0) is 17.1 Å². The number of carbonyl (C=O) groups is 1. The summed E-state index contributed by atoms with van der Waals surface area (Å²) < 4.78 is 28.1. The standard InChI is InChI=1S/C12H18N2O5S/c1-14-7-8(6-10(14)12(16)17)20(18,19)13-9-4-2-3-5-11(9)15/h6-7,9,11,13,15H,2-5H2,1H3,(H,16,17)/t9-,11-/m1/s1. The van der Waals surface area contributed by atoms with Crippen molar-refractivity contribution in [3.8, 4) is 0 Å². The highest BCUT2D eigenvalue weighted by Gasteiger charge is 2.29. The van der Waals surface area contributed by atoms with E-state index in [1.807, 2.05) is 0 Å². The third kappa shape index (κ3) is 3.02. The van der Waals surface area contributed by atoms with Crippen molar-refractivity contribution in [1.29, 1.82) is 0 Å². The number of aromatic nitrogens is 1. The van der Waals surface area contributed by atoms with Crippen molar-refractivity contribution < 1.29 is 23.4 Å². The number of nitrogens with zero attached hydrogens (tertiary/aromatic N) is 1. The van der Waals surface area contributed by atoms with E-state index in [9.17, 15) is 18.3 Å². The van der Waals surface area contributed by atoms with Gasteiger partial charge in [-0.25, -0.2) is 17.9 Å². The molecule has 0 unspecified atom stereocenters. The quantitative estimate of drug-likeness (QED) is 0.741. The maximum atomic E-state index is 12.2. The van der Waals surface area contributed by atoms with Gasteiger partial charge in [-0.3, -0.25) is 0 Å². The molecule has 1 heterocycles. The highest BCUT2D eigenvalue weighted by atomic mass is 32.2. The Morgan fingerprint density at radius 1 is 1.40 bits per heavy atom. The summed E-state index contributed by atoms with van der Waals surface area (Å²) in [6.07, 6.45) is 3.46. The number of nitrogens with one attached hydrogen (secondary N) is 1. The number of hydrogen-bond acceptors (Lipinski definition) is 4. The number of aromatic carboxylic acids is 1. The lowest BCUT2D eigenvalue weighted by Gasteiger charge is -2.27. The van der Waals surface area contributed by atoms with Crippen LogP contribution in [0.2, 0.25) is 0 Å². The molecule has 7 nitrogen and oxygen atoms in total. The molecule has 0 saturated heterocycles. The minimum absolute atomic E-state index is 0.102. The summed E-state index contributed by atoms with van der Waals surface area (Å²) in [6.45, 7) is 0. The first-order valence-electron chi connectivity index (χ1n) is 6.41. The molecular weight excluding hydrogens is 284 g/mol. The monoisotopic (exact) mass is 302 g/mol. The van der Waals surface area contributed by atoms with Gasteiger partial charge in [0, 0.05) is 19.3 Å². The third-order valence-electron chi connectivity index (χ3n) is 3.55. The van der Waals surface area contributed by atoms with Gasteiger partial charge >= 0.3 is 5.97 Å². The average Bonchev–Trinajstić information content (AvgIpc) is 2.75. The zero-order chi connectivity index (χ0) is 14.9. The molecule has 0 aromatic carbocycles. The summed E-state index contributed by atoms with van der Waals surface area (Å²) in [5.74, 6) is -1.19. The van der Waals surface area contributed by atoms with Gasteiger partial charge in [0.25, 0.3) is 0 Å². The summed E-state index contributed by atoms with van der Waals surface area (Å²) in [5, 5.41) is 18.7. The molecule has 8 heteroatoms. The van der Waals surface area contributed by atoms with Gasteiger partial charge in [0.05, 0.1) is 6.10 Å². The van der Waals surface area contributed by atoms with E-state index in [0.29, 0.717) is 12.8 Å². The predicted molar refractivity (Wildman–Crippen MR) is 71.0 cm³/mol. The van der Waals surface area contributed by atoms with Crippen molar-refractivity contribution in [3.63, 3.8) is 0 Å². The van der Waals surface area contributed by atoms with E-state index in [4.69, 9.17) is 5.11 Å². The number of sulfonamides is 1. The van der Waals surface area contributed by atoms with Crippen LogP contribution in [0.5, 0.6) is 0 Å². The van der Waals surface area contributed by atoms with Gasteiger partial charge in [0.15, 0.2) is 0 Å². The average molecular weight is 302 g/mol. The molecule has 0 radical (unpaired) electrons. The SMILES string of the molecule is Cn1cc(S(=O)(=O)N[C@@H]2CCCC[C@H]2O)cc1C(=O)O. The Bertz CT molecular complexity index is 607. The molecule has 2 atom stereocenters. The van der Waals surface area contributed by atoms with Crippen molar-refractivity contribution in [1.82, 2.24) is 9.29 Å². The molecular formula is C12H18N2O5S. The Labute approximate surface area is 117 Å². The van der Waals surface area contributed by atoms with E-state index in [0.717, 1.165) is 18.9 Å². The Morgan fingerprint density at radius 2 is 2.05 bits per heavy atom. The smallest absolute Gasteiger partial charge is 0.352 e. The van der Waals surface area contributed by atoms with Gasteiger partial charge in [0.2, 0.25) is 10.0 Å². The van der Waals surface area contributed by atoms with Gasteiger partial charge in [-0.2, -0.15) is 0 Å². The second-order valence-electron chi connectivity index (χ2n) is 5.06. The molecule has 1 saturated carbocycles. The Balaban J connectivity index is 2.22. The number of hydrogen-bond donors (Lipinski definition) is 3. The van der Waals surface area contributed by atoms with Gasteiger partial charge in [-0.05, 0) is 18.9 Å². The van der Waals surface area contributed by atoms with Crippen molar-refractivity contribution in [2.45, 2.75) is 42.7 Å². The maximum absolute atomic E-state index is 12.2. The first-order chi connectivity index (χ1) is 9.31. The van der Waals surface area contributed by atoms with Crippen molar-refractivity contribution >= 4 is 16.0 Å².